The molecule has 1 aromatic carbocycles. The van der Waals surface area contributed by atoms with Gasteiger partial charge >= 0.3 is 5.82 Å². The van der Waals surface area contributed by atoms with Crippen LogP contribution in [0.4, 0.5) is 11.5 Å². The number of nitrogens with two attached hydrogens (primary N) is 1. The van der Waals surface area contributed by atoms with Crippen molar-refractivity contribution in [1.82, 2.24) is 4.98 Å². The minimum Gasteiger partial charge on any atom is -0.473 e. The van der Waals surface area contributed by atoms with Gasteiger partial charge in [-0.3, -0.25) is 9.59 Å². The summed E-state index contributed by atoms with van der Waals surface area (Å²) in [6.45, 7) is 1.45. The number of nitrogens with one attached hydrogen (secondary N) is 1. The molecule has 0 aliphatic carbocycles. The first-order chi connectivity index (χ1) is 11.4. The molecule has 1 atom stereocenters. The summed E-state index contributed by atoms with van der Waals surface area (Å²) in [5.74, 6) is -1.66. The Morgan fingerprint density at radius 2 is 1.96 bits per heavy atom. The highest BCUT2D eigenvalue weighted by molar-refractivity contribution is 5.96. The molecule has 0 bridgehead atoms. The highest BCUT2D eigenvalue weighted by Crippen LogP contribution is 2.24. The SMILES string of the molecule is CC(Oc1cccnc1[N+](=O)[O-])C(=O)Nc1ccc(C(N)=O)cc1. The Kier molecular flexibility index (Phi) is 5.05. The van der Waals surface area contributed by atoms with Crippen LogP contribution in [-0.4, -0.2) is 27.8 Å². The third kappa shape index (κ3) is 4.03. The molecule has 1 heterocycles. The molecule has 124 valence electrons. The summed E-state index contributed by atoms with van der Waals surface area (Å²) in [5, 5.41) is 13.4. The number of pyridine rings is 1. The van der Waals surface area contributed by atoms with Gasteiger partial charge in [-0.15, -0.1) is 0 Å². The van der Waals surface area contributed by atoms with Crippen LogP contribution in [-0.2, 0) is 4.79 Å². The van der Waals surface area contributed by atoms with Gasteiger partial charge in [0, 0.05) is 11.3 Å². The molecular weight excluding hydrogens is 316 g/mol. The number of rotatable bonds is 6. The molecule has 0 spiro atoms. The topological polar surface area (TPSA) is 137 Å². The maximum Gasteiger partial charge on any atom is 0.406 e. The zero-order chi connectivity index (χ0) is 17.7. The maximum absolute atomic E-state index is 12.1. The summed E-state index contributed by atoms with van der Waals surface area (Å²) in [5.41, 5.74) is 5.87. The normalized spacial score (nSPS) is 11.4. The Morgan fingerprint density at radius 1 is 1.29 bits per heavy atom. The van der Waals surface area contributed by atoms with Gasteiger partial charge in [0.25, 0.3) is 5.91 Å². The summed E-state index contributed by atoms with van der Waals surface area (Å²) >= 11 is 0. The Bertz CT molecular complexity index is 776. The molecular formula is C15H14N4O5. The van der Waals surface area contributed by atoms with Gasteiger partial charge in [-0.2, -0.15) is 0 Å². The second-order valence-corrected chi connectivity index (χ2v) is 4.77. The number of carbonyl (C=O) groups is 2. The first kappa shape index (κ1) is 16.9. The molecule has 0 saturated carbocycles. The van der Waals surface area contributed by atoms with Crippen molar-refractivity contribution in [2.45, 2.75) is 13.0 Å². The number of nitro groups is 1. The fourth-order valence-corrected chi connectivity index (χ4v) is 1.82. The number of aromatic nitrogens is 1. The first-order valence-electron chi connectivity index (χ1n) is 6.85. The molecule has 0 aliphatic rings. The van der Waals surface area contributed by atoms with Crippen LogP contribution in [0.2, 0.25) is 0 Å². The van der Waals surface area contributed by atoms with E-state index in [4.69, 9.17) is 10.5 Å². The van der Waals surface area contributed by atoms with Crippen molar-refractivity contribution >= 4 is 23.3 Å². The van der Waals surface area contributed by atoms with Crippen LogP contribution in [0.25, 0.3) is 0 Å². The number of nitrogens with zero attached hydrogens (tertiary/aromatic N) is 2. The molecule has 3 N–H and O–H groups in total. The summed E-state index contributed by atoms with van der Waals surface area (Å²) in [6, 6.07) is 8.78. The molecule has 0 radical (unpaired) electrons. The summed E-state index contributed by atoms with van der Waals surface area (Å²) in [7, 11) is 0. The number of carbonyl (C=O) groups excluding carboxylic acids is 2. The average Bonchev–Trinajstić information content (AvgIpc) is 2.55. The van der Waals surface area contributed by atoms with E-state index in [-0.39, 0.29) is 5.75 Å². The standard InChI is InChI=1S/C15H14N4O5/c1-9(24-12-3-2-8-17-14(12)19(22)23)15(21)18-11-6-4-10(5-7-11)13(16)20/h2-9H,1H3,(H2,16,20)(H,18,21). The van der Waals surface area contributed by atoms with Crippen LogP contribution in [0.1, 0.15) is 17.3 Å². The molecule has 9 nitrogen and oxygen atoms in total. The van der Waals surface area contributed by atoms with Crippen LogP contribution in [0.3, 0.4) is 0 Å². The van der Waals surface area contributed by atoms with Gasteiger partial charge in [0.1, 0.15) is 6.20 Å². The fraction of sp³-hybridized carbons (Fsp3) is 0.133. The van der Waals surface area contributed by atoms with Crippen LogP contribution >= 0.6 is 0 Å². The minimum absolute atomic E-state index is 0.103. The maximum atomic E-state index is 12.1. The van der Waals surface area contributed by atoms with Crippen molar-refractivity contribution in [2.24, 2.45) is 5.73 Å². The van der Waals surface area contributed by atoms with Gasteiger partial charge in [0.05, 0.1) is 0 Å². The van der Waals surface area contributed by atoms with E-state index < -0.39 is 28.7 Å². The van der Waals surface area contributed by atoms with Crippen molar-refractivity contribution in [1.29, 1.82) is 0 Å². The first-order valence-corrected chi connectivity index (χ1v) is 6.85. The molecule has 1 unspecified atom stereocenters. The lowest BCUT2D eigenvalue weighted by molar-refractivity contribution is -0.390. The summed E-state index contributed by atoms with van der Waals surface area (Å²) in [4.78, 5) is 36.9. The summed E-state index contributed by atoms with van der Waals surface area (Å²) < 4.78 is 5.31. The molecule has 0 aliphatic heterocycles. The zero-order valence-corrected chi connectivity index (χ0v) is 12.6. The van der Waals surface area contributed by atoms with Crippen molar-refractivity contribution in [3.8, 4) is 5.75 Å². The third-order valence-corrected chi connectivity index (χ3v) is 3.03. The lowest BCUT2D eigenvalue weighted by Crippen LogP contribution is -2.30. The van der Waals surface area contributed by atoms with Crippen LogP contribution in [0.15, 0.2) is 42.6 Å². The van der Waals surface area contributed by atoms with E-state index in [9.17, 15) is 19.7 Å². The number of primary amides is 1. The highest BCUT2D eigenvalue weighted by atomic mass is 16.6. The fourth-order valence-electron chi connectivity index (χ4n) is 1.82. The predicted molar refractivity (Wildman–Crippen MR) is 84.6 cm³/mol. The lowest BCUT2D eigenvalue weighted by Gasteiger charge is -2.14. The van der Waals surface area contributed by atoms with E-state index in [0.29, 0.717) is 11.3 Å². The van der Waals surface area contributed by atoms with Crippen molar-refractivity contribution in [3.63, 3.8) is 0 Å². The third-order valence-electron chi connectivity index (χ3n) is 3.03. The Labute approximate surface area is 136 Å². The lowest BCUT2D eigenvalue weighted by atomic mass is 10.2. The molecule has 0 fully saturated rings. The Morgan fingerprint density at radius 3 is 2.54 bits per heavy atom. The van der Waals surface area contributed by atoms with E-state index in [1.807, 2.05) is 0 Å². The van der Waals surface area contributed by atoms with E-state index in [1.54, 1.807) is 0 Å². The largest absolute Gasteiger partial charge is 0.473 e. The quantitative estimate of drug-likeness (QED) is 0.608. The number of amides is 2. The van der Waals surface area contributed by atoms with E-state index in [1.165, 1.54) is 49.5 Å². The Balaban J connectivity index is 2.05. The van der Waals surface area contributed by atoms with Gasteiger partial charge in [-0.1, -0.05) is 0 Å². The van der Waals surface area contributed by atoms with Gasteiger partial charge < -0.3 is 25.9 Å². The van der Waals surface area contributed by atoms with E-state index >= 15 is 0 Å². The molecule has 24 heavy (non-hydrogen) atoms. The highest BCUT2D eigenvalue weighted by Gasteiger charge is 2.21. The molecule has 9 heteroatoms. The van der Waals surface area contributed by atoms with Gasteiger partial charge in [0.2, 0.25) is 11.7 Å². The van der Waals surface area contributed by atoms with Crippen molar-refractivity contribution in [2.75, 3.05) is 5.32 Å². The second kappa shape index (κ2) is 7.18. The zero-order valence-electron chi connectivity index (χ0n) is 12.6. The number of hydrogen-bond donors (Lipinski definition) is 2. The van der Waals surface area contributed by atoms with Crippen LogP contribution in [0, 0.1) is 10.1 Å². The molecule has 2 amide bonds. The second-order valence-electron chi connectivity index (χ2n) is 4.77. The molecule has 2 aromatic rings. The van der Waals surface area contributed by atoms with Crippen molar-refractivity contribution < 1.29 is 19.2 Å². The number of benzene rings is 1. The number of ether oxygens (including phenoxy) is 1. The molecule has 0 saturated heterocycles. The van der Waals surface area contributed by atoms with Gasteiger partial charge in [-0.05, 0) is 53.2 Å². The molecule has 1 aromatic heterocycles. The monoisotopic (exact) mass is 330 g/mol. The summed E-state index contributed by atoms with van der Waals surface area (Å²) in [6.07, 6.45) is 0.263. The van der Waals surface area contributed by atoms with Gasteiger partial charge in [0.15, 0.2) is 6.10 Å². The van der Waals surface area contributed by atoms with E-state index in [0.717, 1.165) is 0 Å². The minimum atomic E-state index is -0.997. The van der Waals surface area contributed by atoms with E-state index in [2.05, 4.69) is 10.3 Å². The van der Waals surface area contributed by atoms with Gasteiger partial charge in [-0.25, -0.2) is 0 Å². The predicted octanol–water partition coefficient (Wildman–Crippen LogP) is 1.49. The van der Waals surface area contributed by atoms with Crippen LogP contribution in [0.5, 0.6) is 5.75 Å². The van der Waals surface area contributed by atoms with Crippen molar-refractivity contribution in [3.05, 3.63) is 58.3 Å². The number of hydrogen-bond acceptors (Lipinski definition) is 6. The average molecular weight is 330 g/mol. The molecule has 2 rings (SSSR count). The Hall–Kier alpha value is -3.49. The number of anilines is 1. The van der Waals surface area contributed by atoms with Crippen LogP contribution < -0.4 is 15.8 Å². The smallest absolute Gasteiger partial charge is 0.406 e.